The van der Waals surface area contributed by atoms with Crippen LogP contribution >= 0.6 is 0 Å². The van der Waals surface area contributed by atoms with Crippen molar-refractivity contribution in [2.75, 3.05) is 13.1 Å². The predicted octanol–water partition coefficient (Wildman–Crippen LogP) is 0.962. The number of hydrogen-bond donors (Lipinski definition) is 1. The van der Waals surface area contributed by atoms with Crippen LogP contribution in [0.2, 0.25) is 0 Å². The summed E-state index contributed by atoms with van der Waals surface area (Å²) < 4.78 is 25.9. The molecular weight excluding hydrogens is 280 g/mol. The first-order chi connectivity index (χ1) is 9.34. The standard InChI is InChI=1S/C13H14N2O4S/c1-9-4-12(3-2-11(9)6-14)20(18,19)15-7-10(8-15)5-13(16)17/h2-4,10H,5,7-8H2,1H3,(H,16,17). The first-order valence-electron chi connectivity index (χ1n) is 6.07. The molecule has 0 radical (unpaired) electrons. The highest BCUT2D eigenvalue weighted by Crippen LogP contribution is 2.27. The lowest BCUT2D eigenvalue weighted by molar-refractivity contribution is -0.139. The molecule has 20 heavy (non-hydrogen) atoms. The van der Waals surface area contributed by atoms with Crippen LogP contribution in [0.1, 0.15) is 17.5 Å². The van der Waals surface area contributed by atoms with E-state index >= 15 is 0 Å². The quantitative estimate of drug-likeness (QED) is 0.891. The number of nitrogens with zero attached hydrogens (tertiary/aromatic N) is 2. The van der Waals surface area contributed by atoms with Crippen LogP contribution in [0, 0.1) is 24.2 Å². The molecular formula is C13H14N2O4S. The molecule has 0 saturated carbocycles. The van der Waals surface area contributed by atoms with Crippen molar-refractivity contribution in [3.63, 3.8) is 0 Å². The minimum atomic E-state index is -3.59. The van der Waals surface area contributed by atoms with Gasteiger partial charge in [-0.1, -0.05) is 0 Å². The minimum absolute atomic E-state index is 0.0155. The highest BCUT2D eigenvalue weighted by molar-refractivity contribution is 7.89. The maximum atomic E-state index is 12.3. The summed E-state index contributed by atoms with van der Waals surface area (Å²) in [6.07, 6.45) is -0.0155. The van der Waals surface area contributed by atoms with Gasteiger partial charge in [0.25, 0.3) is 0 Å². The molecule has 0 spiro atoms. The summed E-state index contributed by atoms with van der Waals surface area (Å²) in [4.78, 5) is 10.7. The number of aliphatic carboxylic acids is 1. The Labute approximate surface area is 117 Å². The number of sulfonamides is 1. The molecule has 1 N–H and O–H groups in total. The zero-order valence-corrected chi connectivity index (χ0v) is 11.7. The van der Waals surface area contributed by atoms with Crippen molar-refractivity contribution >= 4 is 16.0 Å². The van der Waals surface area contributed by atoms with E-state index in [1.165, 1.54) is 22.5 Å². The molecule has 1 saturated heterocycles. The van der Waals surface area contributed by atoms with E-state index in [-0.39, 0.29) is 30.3 Å². The molecule has 106 valence electrons. The lowest BCUT2D eigenvalue weighted by Crippen LogP contribution is -2.50. The smallest absolute Gasteiger partial charge is 0.303 e. The number of carboxylic acids is 1. The van der Waals surface area contributed by atoms with Crippen LogP contribution in [0.4, 0.5) is 0 Å². The number of nitriles is 1. The topological polar surface area (TPSA) is 98.5 Å². The molecule has 1 fully saturated rings. The van der Waals surface area contributed by atoms with Crippen molar-refractivity contribution in [2.24, 2.45) is 5.92 Å². The van der Waals surface area contributed by atoms with Crippen molar-refractivity contribution in [1.29, 1.82) is 5.26 Å². The lowest BCUT2D eigenvalue weighted by atomic mass is 10.00. The van der Waals surface area contributed by atoms with Crippen molar-refractivity contribution in [1.82, 2.24) is 4.31 Å². The fourth-order valence-electron chi connectivity index (χ4n) is 2.17. The monoisotopic (exact) mass is 294 g/mol. The van der Waals surface area contributed by atoms with Crippen molar-refractivity contribution in [2.45, 2.75) is 18.2 Å². The predicted molar refractivity (Wildman–Crippen MR) is 70.4 cm³/mol. The van der Waals surface area contributed by atoms with E-state index in [1.807, 2.05) is 6.07 Å². The molecule has 1 aromatic rings. The van der Waals surface area contributed by atoms with Crippen LogP contribution < -0.4 is 0 Å². The van der Waals surface area contributed by atoms with Crippen molar-refractivity contribution in [3.05, 3.63) is 29.3 Å². The molecule has 0 aliphatic carbocycles. The molecule has 6 nitrogen and oxygen atoms in total. The second-order valence-corrected chi connectivity index (χ2v) is 6.81. The maximum absolute atomic E-state index is 12.3. The summed E-state index contributed by atoms with van der Waals surface area (Å²) in [7, 11) is -3.59. The summed E-state index contributed by atoms with van der Waals surface area (Å²) in [6, 6.07) is 6.35. The Bertz CT molecular complexity index is 685. The van der Waals surface area contributed by atoms with Gasteiger partial charge in [-0.15, -0.1) is 0 Å². The summed E-state index contributed by atoms with van der Waals surface area (Å²) in [5.41, 5.74) is 1.05. The van der Waals surface area contributed by atoms with E-state index in [1.54, 1.807) is 6.92 Å². The van der Waals surface area contributed by atoms with Crippen LogP contribution in [-0.2, 0) is 14.8 Å². The molecule has 7 heteroatoms. The molecule has 0 bridgehead atoms. The third kappa shape index (κ3) is 2.66. The number of carbonyl (C=O) groups is 1. The zero-order valence-electron chi connectivity index (χ0n) is 10.9. The largest absolute Gasteiger partial charge is 0.481 e. The number of carboxylic acid groups (broad SMARTS) is 1. The molecule has 0 unspecified atom stereocenters. The Morgan fingerprint density at radius 1 is 1.50 bits per heavy atom. The SMILES string of the molecule is Cc1cc(S(=O)(=O)N2CC(CC(=O)O)C2)ccc1C#N. The summed E-state index contributed by atoms with van der Waals surface area (Å²) >= 11 is 0. The van der Waals surface area contributed by atoms with Gasteiger partial charge >= 0.3 is 5.97 Å². The normalized spacial score (nSPS) is 16.4. The van der Waals surface area contributed by atoms with Crippen LogP contribution in [0.25, 0.3) is 0 Å². The van der Waals surface area contributed by atoms with Gasteiger partial charge in [0.2, 0.25) is 10.0 Å². The van der Waals surface area contributed by atoms with E-state index in [4.69, 9.17) is 10.4 Å². The van der Waals surface area contributed by atoms with Gasteiger partial charge in [-0.05, 0) is 36.6 Å². The first kappa shape index (κ1) is 14.5. The average Bonchev–Trinajstić information content (AvgIpc) is 2.32. The molecule has 1 aliphatic heterocycles. The molecule has 0 atom stereocenters. The zero-order chi connectivity index (χ0) is 14.9. The van der Waals surface area contributed by atoms with E-state index in [9.17, 15) is 13.2 Å². The van der Waals surface area contributed by atoms with Gasteiger partial charge < -0.3 is 5.11 Å². The number of aryl methyl sites for hydroxylation is 1. The Hall–Kier alpha value is -1.91. The highest BCUT2D eigenvalue weighted by Gasteiger charge is 2.37. The molecule has 1 aromatic carbocycles. The van der Waals surface area contributed by atoms with Crippen LogP contribution in [0.3, 0.4) is 0 Å². The molecule has 2 rings (SSSR count). The van der Waals surface area contributed by atoms with Crippen LogP contribution in [0.5, 0.6) is 0 Å². The average molecular weight is 294 g/mol. The van der Waals surface area contributed by atoms with Gasteiger partial charge in [-0.3, -0.25) is 4.79 Å². The summed E-state index contributed by atoms with van der Waals surface area (Å²) in [5, 5.41) is 17.5. The van der Waals surface area contributed by atoms with Crippen molar-refractivity contribution < 1.29 is 18.3 Å². The molecule has 1 heterocycles. The fraction of sp³-hybridized carbons (Fsp3) is 0.385. The summed E-state index contributed by atoms with van der Waals surface area (Å²) in [5.74, 6) is -1.04. The second kappa shape index (κ2) is 5.23. The third-order valence-electron chi connectivity index (χ3n) is 3.34. The second-order valence-electron chi connectivity index (χ2n) is 4.87. The summed E-state index contributed by atoms with van der Waals surface area (Å²) in [6.45, 7) is 2.14. The van der Waals surface area contributed by atoms with E-state index in [0.29, 0.717) is 11.1 Å². The number of benzene rings is 1. The van der Waals surface area contributed by atoms with E-state index in [2.05, 4.69) is 0 Å². The van der Waals surface area contributed by atoms with E-state index in [0.717, 1.165) is 0 Å². The Kier molecular flexibility index (Phi) is 3.79. The van der Waals surface area contributed by atoms with Gasteiger partial charge in [-0.25, -0.2) is 8.42 Å². The van der Waals surface area contributed by atoms with Gasteiger partial charge in [0.1, 0.15) is 0 Å². The Balaban J connectivity index is 2.15. The van der Waals surface area contributed by atoms with Gasteiger partial charge in [0, 0.05) is 13.1 Å². The third-order valence-corrected chi connectivity index (χ3v) is 5.17. The Morgan fingerprint density at radius 2 is 2.15 bits per heavy atom. The molecule has 1 aliphatic rings. The van der Waals surface area contributed by atoms with Crippen molar-refractivity contribution in [3.8, 4) is 6.07 Å². The number of rotatable bonds is 4. The van der Waals surface area contributed by atoms with Gasteiger partial charge in [0.05, 0.1) is 22.9 Å². The van der Waals surface area contributed by atoms with Gasteiger partial charge in [0.15, 0.2) is 0 Å². The first-order valence-corrected chi connectivity index (χ1v) is 7.51. The minimum Gasteiger partial charge on any atom is -0.481 e. The molecule has 0 amide bonds. The lowest BCUT2D eigenvalue weighted by Gasteiger charge is -2.37. The van der Waals surface area contributed by atoms with Gasteiger partial charge in [-0.2, -0.15) is 9.57 Å². The Morgan fingerprint density at radius 3 is 2.65 bits per heavy atom. The molecule has 0 aromatic heterocycles. The van der Waals surface area contributed by atoms with Crippen LogP contribution in [-0.4, -0.2) is 36.9 Å². The van der Waals surface area contributed by atoms with Crippen LogP contribution in [0.15, 0.2) is 23.1 Å². The highest BCUT2D eigenvalue weighted by atomic mass is 32.2. The number of hydrogen-bond acceptors (Lipinski definition) is 4. The van der Waals surface area contributed by atoms with E-state index < -0.39 is 16.0 Å². The fourth-order valence-corrected chi connectivity index (χ4v) is 3.84. The maximum Gasteiger partial charge on any atom is 0.303 e.